The summed E-state index contributed by atoms with van der Waals surface area (Å²) in [6.45, 7) is 4.33. The fourth-order valence-corrected chi connectivity index (χ4v) is 2.82. The van der Waals surface area contributed by atoms with Gasteiger partial charge >= 0.3 is 0 Å². The summed E-state index contributed by atoms with van der Waals surface area (Å²) >= 11 is 12.0. The van der Waals surface area contributed by atoms with Crippen molar-refractivity contribution in [1.82, 2.24) is 4.90 Å². The molecule has 0 bridgehead atoms. The zero-order valence-electron chi connectivity index (χ0n) is 12.0. The molecule has 0 aliphatic carbocycles. The molecule has 0 N–H and O–H groups in total. The number of hydrogen-bond donors (Lipinski definition) is 0. The van der Waals surface area contributed by atoms with Gasteiger partial charge in [-0.1, -0.05) is 29.3 Å². The smallest absolute Gasteiger partial charge is 0.254 e. The van der Waals surface area contributed by atoms with Gasteiger partial charge in [0.2, 0.25) is 0 Å². The second-order valence-electron chi connectivity index (χ2n) is 5.54. The number of ether oxygens (including phenoxy) is 1. The van der Waals surface area contributed by atoms with E-state index in [2.05, 4.69) is 0 Å². The van der Waals surface area contributed by atoms with Crippen molar-refractivity contribution in [3.63, 3.8) is 0 Å². The van der Waals surface area contributed by atoms with E-state index in [4.69, 9.17) is 27.9 Å². The van der Waals surface area contributed by atoms with Crippen molar-refractivity contribution in [2.75, 3.05) is 13.7 Å². The summed E-state index contributed by atoms with van der Waals surface area (Å²) < 4.78 is 5.30. The second-order valence-corrected chi connectivity index (χ2v) is 6.36. The number of amides is 1. The van der Waals surface area contributed by atoms with Gasteiger partial charge in [-0.15, -0.1) is 0 Å². The van der Waals surface area contributed by atoms with Crippen molar-refractivity contribution >= 4 is 29.1 Å². The summed E-state index contributed by atoms with van der Waals surface area (Å²) in [4.78, 5) is 14.5. The summed E-state index contributed by atoms with van der Waals surface area (Å²) in [7, 11) is 1.56. The molecule has 20 heavy (non-hydrogen) atoms. The molecule has 1 aliphatic heterocycles. The van der Waals surface area contributed by atoms with E-state index in [1.54, 1.807) is 27.0 Å². The third-order valence-electron chi connectivity index (χ3n) is 3.87. The minimum absolute atomic E-state index is 0.00794. The van der Waals surface area contributed by atoms with Gasteiger partial charge in [0, 0.05) is 13.7 Å². The molecule has 2 rings (SSSR count). The van der Waals surface area contributed by atoms with Crippen LogP contribution in [0.1, 0.15) is 38.3 Å². The number of carbonyl (C=O) groups excluding carboxylic acids is 1. The normalized spacial score (nSPS) is 19.4. The fraction of sp³-hybridized carbons (Fsp3) is 0.533. The Labute approximate surface area is 129 Å². The molecule has 110 valence electrons. The SMILES string of the molecule is COC(C)(C)C(=O)N1CCCC1c1ccc(Cl)c(Cl)c1. The number of likely N-dealkylation sites (tertiary alicyclic amines) is 1. The first-order chi connectivity index (χ1) is 9.36. The maximum Gasteiger partial charge on any atom is 0.254 e. The third-order valence-corrected chi connectivity index (χ3v) is 4.61. The fourth-order valence-electron chi connectivity index (χ4n) is 2.51. The van der Waals surface area contributed by atoms with Crippen molar-refractivity contribution in [1.29, 1.82) is 0 Å². The minimum atomic E-state index is -0.807. The van der Waals surface area contributed by atoms with Gasteiger partial charge in [0.1, 0.15) is 5.60 Å². The van der Waals surface area contributed by atoms with E-state index in [-0.39, 0.29) is 11.9 Å². The average Bonchev–Trinajstić information content (AvgIpc) is 2.90. The zero-order valence-corrected chi connectivity index (χ0v) is 13.5. The van der Waals surface area contributed by atoms with Gasteiger partial charge < -0.3 is 9.64 Å². The lowest BCUT2D eigenvalue weighted by atomic mass is 10.0. The van der Waals surface area contributed by atoms with Crippen LogP contribution in [0, 0.1) is 0 Å². The number of hydrogen-bond acceptors (Lipinski definition) is 2. The number of methoxy groups -OCH3 is 1. The summed E-state index contributed by atoms with van der Waals surface area (Å²) in [5, 5.41) is 1.05. The van der Waals surface area contributed by atoms with Crippen LogP contribution in [0.15, 0.2) is 18.2 Å². The topological polar surface area (TPSA) is 29.5 Å². The van der Waals surface area contributed by atoms with Crippen LogP contribution < -0.4 is 0 Å². The molecule has 1 aliphatic rings. The maximum atomic E-state index is 12.6. The average molecular weight is 316 g/mol. The molecule has 1 saturated heterocycles. The van der Waals surface area contributed by atoms with Crippen LogP contribution >= 0.6 is 23.2 Å². The van der Waals surface area contributed by atoms with Gasteiger partial charge in [0.25, 0.3) is 5.91 Å². The van der Waals surface area contributed by atoms with Crippen molar-refractivity contribution < 1.29 is 9.53 Å². The van der Waals surface area contributed by atoms with Crippen LogP contribution in [-0.2, 0) is 9.53 Å². The van der Waals surface area contributed by atoms with E-state index in [9.17, 15) is 4.79 Å². The van der Waals surface area contributed by atoms with Gasteiger partial charge in [0.05, 0.1) is 16.1 Å². The van der Waals surface area contributed by atoms with Crippen molar-refractivity contribution in [3.05, 3.63) is 33.8 Å². The molecule has 3 nitrogen and oxygen atoms in total. The van der Waals surface area contributed by atoms with Crippen LogP contribution in [0.5, 0.6) is 0 Å². The molecule has 0 saturated carbocycles. The number of benzene rings is 1. The standard InChI is InChI=1S/C15H19Cl2NO2/c1-15(2,20-3)14(19)18-8-4-5-13(18)10-6-7-11(16)12(17)9-10/h6-7,9,13H,4-5,8H2,1-3H3. The molecular formula is C15H19Cl2NO2. The lowest BCUT2D eigenvalue weighted by Crippen LogP contribution is -2.46. The molecule has 5 heteroatoms. The molecule has 1 aromatic carbocycles. The number of halogens is 2. The molecule has 0 spiro atoms. The summed E-state index contributed by atoms with van der Waals surface area (Å²) in [5.41, 5.74) is 0.218. The Morgan fingerprint density at radius 3 is 2.65 bits per heavy atom. The molecule has 1 amide bonds. The highest BCUT2D eigenvalue weighted by molar-refractivity contribution is 6.42. The first-order valence-corrected chi connectivity index (χ1v) is 7.43. The second kappa shape index (κ2) is 5.92. The van der Waals surface area contributed by atoms with Crippen LogP contribution in [0.4, 0.5) is 0 Å². The Morgan fingerprint density at radius 2 is 2.05 bits per heavy atom. The van der Waals surface area contributed by atoms with Gasteiger partial charge in [-0.25, -0.2) is 0 Å². The van der Waals surface area contributed by atoms with Crippen LogP contribution in [-0.4, -0.2) is 30.1 Å². The third kappa shape index (κ3) is 2.95. The molecular weight excluding hydrogens is 297 g/mol. The zero-order chi connectivity index (χ0) is 14.9. The first-order valence-electron chi connectivity index (χ1n) is 6.68. The molecule has 1 atom stereocenters. The Hall–Kier alpha value is -0.770. The van der Waals surface area contributed by atoms with Crippen molar-refractivity contribution in [3.8, 4) is 0 Å². The lowest BCUT2D eigenvalue weighted by molar-refractivity contribution is -0.152. The largest absolute Gasteiger partial charge is 0.369 e. The Kier molecular flexibility index (Phi) is 4.62. The van der Waals surface area contributed by atoms with E-state index in [0.29, 0.717) is 10.0 Å². The Balaban J connectivity index is 2.27. The maximum absolute atomic E-state index is 12.6. The monoisotopic (exact) mass is 315 g/mol. The number of nitrogens with zero attached hydrogens (tertiary/aromatic N) is 1. The van der Waals surface area contributed by atoms with Crippen LogP contribution in [0.25, 0.3) is 0 Å². The van der Waals surface area contributed by atoms with E-state index in [0.717, 1.165) is 24.9 Å². The van der Waals surface area contributed by atoms with E-state index >= 15 is 0 Å². The predicted octanol–water partition coefficient (Wildman–Crippen LogP) is 4.08. The van der Waals surface area contributed by atoms with Gasteiger partial charge in [0.15, 0.2) is 0 Å². The quantitative estimate of drug-likeness (QED) is 0.841. The molecule has 1 unspecified atom stereocenters. The number of rotatable bonds is 3. The Morgan fingerprint density at radius 1 is 1.35 bits per heavy atom. The van der Waals surface area contributed by atoms with E-state index in [1.807, 2.05) is 17.0 Å². The highest BCUT2D eigenvalue weighted by atomic mass is 35.5. The summed E-state index contributed by atoms with van der Waals surface area (Å²) in [6, 6.07) is 5.61. The highest BCUT2D eigenvalue weighted by Gasteiger charge is 2.38. The molecule has 0 radical (unpaired) electrons. The van der Waals surface area contributed by atoms with Crippen LogP contribution in [0.3, 0.4) is 0 Å². The molecule has 1 fully saturated rings. The van der Waals surface area contributed by atoms with E-state index < -0.39 is 5.60 Å². The van der Waals surface area contributed by atoms with Gasteiger partial charge in [-0.05, 0) is 44.4 Å². The first kappa shape index (κ1) is 15.6. The molecule has 0 aromatic heterocycles. The van der Waals surface area contributed by atoms with Crippen LogP contribution in [0.2, 0.25) is 10.0 Å². The summed E-state index contributed by atoms with van der Waals surface area (Å²) in [6.07, 6.45) is 1.92. The lowest BCUT2D eigenvalue weighted by Gasteiger charge is -2.32. The highest BCUT2D eigenvalue weighted by Crippen LogP contribution is 2.36. The predicted molar refractivity (Wildman–Crippen MR) is 81.2 cm³/mol. The van der Waals surface area contributed by atoms with Gasteiger partial charge in [-0.3, -0.25) is 4.79 Å². The minimum Gasteiger partial charge on any atom is -0.369 e. The Bertz CT molecular complexity index is 517. The van der Waals surface area contributed by atoms with E-state index in [1.165, 1.54) is 0 Å². The summed E-state index contributed by atoms with van der Waals surface area (Å²) in [5.74, 6) is 0.00794. The van der Waals surface area contributed by atoms with Crippen molar-refractivity contribution in [2.24, 2.45) is 0 Å². The van der Waals surface area contributed by atoms with Crippen molar-refractivity contribution in [2.45, 2.75) is 38.3 Å². The van der Waals surface area contributed by atoms with Gasteiger partial charge in [-0.2, -0.15) is 0 Å². The number of carbonyl (C=O) groups is 1. The molecule has 1 aromatic rings. The molecule has 1 heterocycles.